The summed E-state index contributed by atoms with van der Waals surface area (Å²) in [6.45, 7) is 1.86. The predicted octanol–water partition coefficient (Wildman–Crippen LogP) is 6.02. The zero-order chi connectivity index (χ0) is 24.4. The molecule has 2 aromatic carbocycles. The number of amides is 1. The van der Waals surface area contributed by atoms with Crippen molar-refractivity contribution >= 4 is 44.7 Å². The fraction of sp³-hybridized carbons (Fsp3) is 0.0800. The highest BCUT2D eigenvalue weighted by molar-refractivity contribution is 7.14. The van der Waals surface area contributed by atoms with Crippen molar-refractivity contribution in [2.75, 3.05) is 10.6 Å². The van der Waals surface area contributed by atoms with Gasteiger partial charge in [-0.3, -0.25) is 25.2 Å². The third-order valence-electron chi connectivity index (χ3n) is 5.55. The van der Waals surface area contributed by atoms with Crippen LogP contribution in [0.25, 0.3) is 22.2 Å². The molecule has 35 heavy (non-hydrogen) atoms. The molecule has 0 aliphatic carbocycles. The Hall–Kier alpha value is -4.57. The normalized spacial score (nSPS) is 11.8. The van der Waals surface area contributed by atoms with Gasteiger partial charge in [0.25, 0.3) is 11.6 Å². The van der Waals surface area contributed by atoms with Crippen molar-refractivity contribution in [3.05, 3.63) is 99.8 Å². The molecule has 10 heteroatoms. The molecule has 3 aromatic heterocycles. The lowest BCUT2D eigenvalue weighted by Crippen LogP contribution is -2.13. The van der Waals surface area contributed by atoms with Crippen molar-refractivity contribution in [1.29, 1.82) is 0 Å². The smallest absolute Gasteiger partial charge is 0.293 e. The number of fused-ring (bicyclic) bond motifs is 1. The number of hydrogen-bond acceptors (Lipinski definition) is 7. The van der Waals surface area contributed by atoms with Crippen molar-refractivity contribution in [2.45, 2.75) is 13.0 Å². The Labute approximate surface area is 204 Å². The van der Waals surface area contributed by atoms with Gasteiger partial charge in [-0.2, -0.15) is 0 Å². The third kappa shape index (κ3) is 4.59. The summed E-state index contributed by atoms with van der Waals surface area (Å²) in [5, 5.41) is 20.9. The molecule has 1 amide bonds. The van der Waals surface area contributed by atoms with Gasteiger partial charge in [-0.15, -0.1) is 11.3 Å². The number of rotatable bonds is 7. The molecular weight excluding hydrogens is 464 g/mol. The Morgan fingerprint density at radius 2 is 1.97 bits per heavy atom. The van der Waals surface area contributed by atoms with Crippen LogP contribution in [0.1, 0.15) is 29.0 Å². The van der Waals surface area contributed by atoms with Crippen LogP contribution in [-0.4, -0.2) is 25.8 Å². The number of para-hydroxylation sites is 1. The van der Waals surface area contributed by atoms with E-state index < -0.39 is 10.8 Å². The van der Waals surface area contributed by atoms with E-state index >= 15 is 0 Å². The summed E-state index contributed by atoms with van der Waals surface area (Å²) < 4.78 is 0. The molecule has 174 valence electrons. The van der Waals surface area contributed by atoms with Crippen LogP contribution < -0.4 is 10.6 Å². The number of aromatic nitrogens is 3. The number of carbonyl (C=O) groups excluding carboxylic acids is 1. The second-order valence-electron chi connectivity index (χ2n) is 7.85. The van der Waals surface area contributed by atoms with Crippen LogP contribution in [0, 0.1) is 10.1 Å². The van der Waals surface area contributed by atoms with E-state index in [4.69, 9.17) is 0 Å². The molecular formula is C25H20N6O3S. The molecule has 0 aliphatic rings. The third-order valence-corrected chi connectivity index (χ3v) is 6.31. The van der Waals surface area contributed by atoms with Gasteiger partial charge in [0.1, 0.15) is 5.69 Å². The van der Waals surface area contributed by atoms with Crippen LogP contribution in [0.3, 0.4) is 0 Å². The lowest BCUT2D eigenvalue weighted by atomic mass is 10.1. The summed E-state index contributed by atoms with van der Waals surface area (Å²) in [7, 11) is 0. The molecule has 5 aromatic rings. The first-order valence-corrected chi connectivity index (χ1v) is 11.7. The summed E-state index contributed by atoms with van der Waals surface area (Å²) in [6, 6.07) is 17.5. The van der Waals surface area contributed by atoms with Crippen molar-refractivity contribution in [1.82, 2.24) is 15.0 Å². The Morgan fingerprint density at radius 3 is 2.77 bits per heavy atom. The molecule has 0 radical (unpaired) electrons. The zero-order valence-corrected chi connectivity index (χ0v) is 19.4. The van der Waals surface area contributed by atoms with Gasteiger partial charge in [0.2, 0.25) is 0 Å². The Bertz CT molecular complexity index is 1530. The van der Waals surface area contributed by atoms with E-state index in [-0.39, 0.29) is 17.3 Å². The molecule has 0 spiro atoms. The van der Waals surface area contributed by atoms with Gasteiger partial charge in [-0.25, -0.2) is 4.98 Å². The summed E-state index contributed by atoms with van der Waals surface area (Å²) in [5.41, 5.74) is 3.69. The van der Waals surface area contributed by atoms with E-state index in [1.54, 1.807) is 18.3 Å². The average Bonchev–Trinajstić information content (AvgIpc) is 3.51. The van der Waals surface area contributed by atoms with Crippen molar-refractivity contribution < 1.29 is 9.72 Å². The molecule has 3 N–H and O–H groups in total. The van der Waals surface area contributed by atoms with Gasteiger partial charge in [-0.05, 0) is 37.3 Å². The molecule has 0 aliphatic heterocycles. The monoisotopic (exact) mass is 484 g/mol. The van der Waals surface area contributed by atoms with E-state index in [9.17, 15) is 14.9 Å². The number of nitro groups is 1. The maximum Gasteiger partial charge on any atom is 0.293 e. The molecule has 0 fully saturated rings. The van der Waals surface area contributed by atoms with Gasteiger partial charge >= 0.3 is 0 Å². The van der Waals surface area contributed by atoms with Crippen molar-refractivity contribution in [2.24, 2.45) is 0 Å². The minimum Gasteiger partial charge on any atom is -0.371 e. The maximum atomic E-state index is 12.8. The van der Waals surface area contributed by atoms with Gasteiger partial charge in [0.05, 0.1) is 22.4 Å². The standard InChI is InChI=1S/C25H20N6O3S/c1-15(19-7-4-5-11-26-19)28-21-10-9-16(12-23(21)31(33)34)24(32)30-25-29-22(14-35-25)18-13-27-20-8-3-2-6-17(18)20/h2-15,27-28H,1H3,(H,29,30,32). The van der Waals surface area contributed by atoms with Crippen molar-refractivity contribution in [3.63, 3.8) is 0 Å². The van der Waals surface area contributed by atoms with Crippen LogP contribution in [0.5, 0.6) is 0 Å². The Morgan fingerprint density at radius 1 is 1.14 bits per heavy atom. The molecule has 0 saturated heterocycles. The van der Waals surface area contributed by atoms with Crippen LogP contribution in [0.15, 0.2) is 78.4 Å². The number of nitrogens with zero attached hydrogens (tertiary/aromatic N) is 3. The number of nitrogens with one attached hydrogen (secondary N) is 3. The number of aromatic amines is 1. The van der Waals surface area contributed by atoms with Gasteiger partial charge < -0.3 is 10.3 Å². The van der Waals surface area contributed by atoms with Gasteiger partial charge in [0.15, 0.2) is 5.13 Å². The van der Waals surface area contributed by atoms with E-state index in [1.807, 2.05) is 54.9 Å². The summed E-state index contributed by atoms with van der Waals surface area (Å²) in [6.07, 6.45) is 3.55. The lowest BCUT2D eigenvalue weighted by molar-refractivity contribution is -0.384. The highest BCUT2D eigenvalue weighted by atomic mass is 32.1. The summed E-state index contributed by atoms with van der Waals surface area (Å²) in [5.74, 6) is -0.475. The molecule has 1 atom stereocenters. The number of nitro benzene ring substituents is 1. The molecule has 5 rings (SSSR count). The minimum atomic E-state index is -0.511. The topological polar surface area (TPSA) is 126 Å². The van der Waals surface area contributed by atoms with Crippen LogP contribution in [0.2, 0.25) is 0 Å². The second kappa shape index (κ2) is 9.35. The fourth-order valence-corrected chi connectivity index (χ4v) is 4.50. The molecule has 3 heterocycles. The number of thiazole rings is 1. The highest BCUT2D eigenvalue weighted by Crippen LogP contribution is 2.32. The largest absolute Gasteiger partial charge is 0.371 e. The highest BCUT2D eigenvalue weighted by Gasteiger charge is 2.20. The first-order valence-electron chi connectivity index (χ1n) is 10.8. The number of H-pyrrole nitrogens is 1. The van der Waals surface area contributed by atoms with Crippen LogP contribution in [0.4, 0.5) is 16.5 Å². The van der Waals surface area contributed by atoms with Crippen molar-refractivity contribution in [3.8, 4) is 11.3 Å². The predicted molar refractivity (Wildman–Crippen MR) is 137 cm³/mol. The summed E-state index contributed by atoms with van der Waals surface area (Å²) >= 11 is 1.29. The van der Waals surface area contributed by atoms with E-state index in [2.05, 4.69) is 25.6 Å². The molecule has 9 nitrogen and oxygen atoms in total. The molecule has 0 saturated carbocycles. The van der Waals surface area contributed by atoms with Gasteiger partial charge in [-0.1, -0.05) is 24.3 Å². The maximum absolute atomic E-state index is 12.8. The SMILES string of the molecule is CC(Nc1ccc(C(=O)Nc2nc(-c3c[nH]c4ccccc34)cs2)cc1[N+](=O)[O-])c1ccccn1. The van der Waals surface area contributed by atoms with E-state index in [0.717, 1.165) is 27.9 Å². The minimum absolute atomic E-state index is 0.164. The van der Waals surface area contributed by atoms with Crippen LogP contribution >= 0.6 is 11.3 Å². The van der Waals surface area contributed by atoms with E-state index in [1.165, 1.54) is 23.5 Å². The number of hydrogen-bond donors (Lipinski definition) is 3. The summed E-state index contributed by atoms with van der Waals surface area (Å²) in [4.78, 5) is 36.1. The Balaban J connectivity index is 1.34. The molecule has 0 bridgehead atoms. The number of anilines is 2. The second-order valence-corrected chi connectivity index (χ2v) is 8.71. The van der Waals surface area contributed by atoms with E-state index in [0.29, 0.717) is 10.8 Å². The lowest BCUT2D eigenvalue weighted by Gasteiger charge is -2.15. The average molecular weight is 485 g/mol. The number of benzene rings is 2. The number of carbonyl (C=O) groups is 1. The Kier molecular flexibility index (Phi) is 5.94. The first kappa shape index (κ1) is 22.2. The van der Waals surface area contributed by atoms with Crippen LogP contribution in [-0.2, 0) is 0 Å². The fourth-order valence-electron chi connectivity index (χ4n) is 3.79. The quantitative estimate of drug-likeness (QED) is 0.192. The zero-order valence-electron chi connectivity index (χ0n) is 18.6. The van der Waals surface area contributed by atoms with Gasteiger partial charge in [0, 0.05) is 45.9 Å². The molecule has 1 unspecified atom stereocenters. The number of pyridine rings is 1. The first-order chi connectivity index (χ1) is 17.0.